The van der Waals surface area contributed by atoms with E-state index < -0.39 is 22.4 Å². The van der Waals surface area contributed by atoms with Crippen molar-refractivity contribution in [1.82, 2.24) is 14.3 Å². The molecule has 0 aliphatic carbocycles. The third-order valence-corrected chi connectivity index (χ3v) is 6.94. The predicted octanol–water partition coefficient (Wildman–Crippen LogP) is 1.61. The van der Waals surface area contributed by atoms with Gasteiger partial charge in [0.1, 0.15) is 5.65 Å². The Kier molecular flexibility index (Phi) is 5.74. The zero-order valence-corrected chi connectivity index (χ0v) is 17.1. The summed E-state index contributed by atoms with van der Waals surface area (Å²) < 4.78 is 30.6. The minimum absolute atomic E-state index is 0.0389. The molecule has 0 unspecified atom stereocenters. The van der Waals surface area contributed by atoms with Gasteiger partial charge in [0, 0.05) is 24.0 Å². The molecule has 2 aromatic heterocycles. The molecule has 2 atom stereocenters. The third kappa shape index (κ3) is 4.19. The Morgan fingerprint density at radius 1 is 1.39 bits per heavy atom. The van der Waals surface area contributed by atoms with Gasteiger partial charge in [-0.15, -0.1) is 0 Å². The molecule has 3 rings (SSSR count). The largest absolute Gasteiger partial charge is 0.451 e. The van der Waals surface area contributed by atoms with Crippen molar-refractivity contribution in [3.63, 3.8) is 0 Å². The molecule has 3 heterocycles. The third-order valence-electron chi connectivity index (χ3n) is 5.19. The van der Waals surface area contributed by atoms with Crippen molar-refractivity contribution in [3.05, 3.63) is 35.8 Å². The highest BCUT2D eigenvalue weighted by Crippen LogP contribution is 2.21. The zero-order chi connectivity index (χ0) is 20.5. The van der Waals surface area contributed by atoms with E-state index in [1.165, 1.54) is 0 Å². The normalized spacial score (nSPS) is 19.5. The number of carbonyl (C=O) groups excluding carboxylic acids is 2. The molecule has 0 N–H and O–H groups in total. The van der Waals surface area contributed by atoms with Crippen molar-refractivity contribution < 1.29 is 22.7 Å². The SMILES string of the molecule is CC[C@H](C)N(C(=O)COC(=O)c1cn2c(C)cccc2n1)[C@H]1CCS(=O)(=O)C1. The Morgan fingerprint density at radius 3 is 2.75 bits per heavy atom. The summed E-state index contributed by atoms with van der Waals surface area (Å²) in [5.41, 5.74) is 1.67. The lowest BCUT2D eigenvalue weighted by Crippen LogP contribution is -2.48. The van der Waals surface area contributed by atoms with E-state index in [0.717, 1.165) is 5.69 Å². The van der Waals surface area contributed by atoms with Gasteiger partial charge in [-0.05, 0) is 38.8 Å². The first kappa shape index (κ1) is 20.3. The van der Waals surface area contributed by atoms with Crippen molar-refractivity contribution >= 4 is 27.4 Å². The minimum atomic E-state index is -3.12. The van der Waals surface area contributed by atoms with Crippen molar-refractivity contribution in [2.45, 2.75) is 45.7 Å². The Hall–Kier alpha value is -2.42. The molecule has 0 bridgehead atoms. The molecule has 0 aromatic carbocycles. The maximum absolute atomic E-state index is 12.7. The van der Waals surface area contributed by atoms with Crippen LogP contribution in [-0.2, 0) is 19.4 Å². The minimum Gasteiger partial charge on any atom is -0.451 e. The average molecular weight is 407 g/mol. The molecule has 1 aliphatic rings. The van der Waals surface area contributed by atoms with Crippen LogP contribution in [0.15, 0.2) is 24.4 Å². The first-order valence-corrected chi connectivity index (χ1v) is 11.2. The van der Waals surface area contributed by atoms with E-state index in [1.807, 2.05) is 32.9 Å². The van der Waals surface area contributed by atoms with Crippen molar-refractivity contribution in [1.29, 1.82) is 0 Å². The molecule has 2 aromatic rings. The molecule has 0 saturated carbocycles. The lowest BCUT2D eigenvalue weighted by Gasteiger charge is -2.33. The van der Waals surface area contributed by atoms with E-state index >= 15 is 0 Å². The van der Waals surface area contributed by atoms with E-state index in [1.54, 1.807) is 21.6 Å². The molecule has 0 radical (unpaired) electrons. The summed E-state index contributed by atoms with van der Waals surface area (Å²) in [6, 6.07) is 5.01. The van der Waals surface area contributed by atoms with Gasteiger partial charge in [-0.25, -0.2) is 18.2 Å². The number of nitrogens with zero attached hydrogens (tertiary/aromatic N) is 3. The molecule has 152 valence electrons. The number of rotatable bonds is 6. The number of imidazole rings is 1. The van der Waals surface area contributed by atoms with E-state index in [-0.39, 0.29) is 35.2 Å². The molecule has 9 heteroatoms. The fraction of sp³-hybridized carbons (Fsp3) is 0.526. The zero-order valence-electron chi connectivity index (χ0n) is 16.3. The number of pyridine rings is 1. The molecule has 1 aliphatic heterocycles. The highest BCUT2D eigenvalue weighted by molar-refractivity contribution is 7.91. The fourth-order valence-electron chi connectivity index (χ4n) is 3.52. The van der Waals surface area contributed by atoms with Crippen LogP contribution in [0, 0.1) is 6.92 Å². The van der Waals surface area contributed by atoms with Gasteiger partial charge in [0.15, 0.2) is 22.1 Å². The summed E-state index contributed by atoms with van der Waals surface area (Å²) in [5.74, 6) is -1.02. The lowest BCUT2D eigenvalue weighted by atomic mass is 10.1. The predicted molar refractivity (Wildman–Crippen MR) is 104 cm³/mol. The number of ether oxygens (including phenoxy) is 1. The van der Waals surface area contributed by atoms with Crippen LogP contribution >= 0.6 is 0 Å². The van der Waals surface area contributed by atoms with Crippen molar-refractivity contribution in [3.8, 4) is 0 Å². The highest BCUT2D eigenvalue weighted by atomic mass is 32.2. The molecular formula is C19H25N3O5S. The maximum atomic E-state index is 12.7. The quantitative estimate of drug-likeness (QED) is 0.675. The van der Waals surface area contributed by atoms with E-state index in [4.69, 9.17) is 4.74 Å². The van der Waals surface area contributed by atoms with Crippen LogP contribution in [0.3, 0.4) is 0 Å². The molecule has 28 heavy (non-hydrogen) atoms. The molecule has 0 spiro atoms. The van der Waals surface area contributed by atoms with Gasteiger partial charge in [0.2, 0.25) is 0 Å². The van der Waals surface area contributed by atoms with Crippen molar-refractivity contribution in [2.24, 2.45) is 0 Å². The second kappa shape index (κ2) is 7.90. The number of carbonyl (C=O) groups is 2. The van der Waals surface area contributed by atoms with E-state index in [0.29, 0.717) is 18.5 Å². The maximum Gasteiger partial charge on any atom is 0.359 e. The van der Waals surface area contributed by atoms with Gasteiger partial charge in [-0.2, -0.15) is 0 Å². The summed E-state index contributed by atoms with van der Waals surface area (Å²) in [7, 11) is -3.12. The number of esters is 1. The molecule has 1 amide bonds. The smallest absolute Gasteiger partial charge is 0.359 e. The molecular weight excluding hydrogens is 382 g/mol. The average Bonchev–Trinajstić information content (AvgIpc) is 3.24. The van der Waals surface area contributed by atoms with E-state index in [9.17, 15) is 18.0 Å². The molecule has 8 nitrogen and oxygen atoms in total. The second-order valence-electron chi connectivity index (χ2n) is 7.21. The monoisotopic (exact) mass is 407 g/mol. The van der Waals surface area contributed by atoms with Gasteiger partial charge in [-0.1, -0.05) is 13.0 Å². The van der Waals surface area contributed by atoms with Gasteiger partial charge >= 0.3 is 5.97 Å². The number of hydrogen-bond acceptors (Lipinski definition) is 6. The number of sulfone groups is 1. The summed E-state index contributed by atoms with van der Waals surface area (Å²) in [6.45, 7) is 5.26. The van der Waals surface area contributed by atoms with Crippen LogP contribution in [0.2, 0.25) is 0 Å². The number of aryl methyl sites for hydroxylation is 1. The Morgan fingerprint density at radius 2 is 2.14 bits per heavy atom. The summed E-state index contributed by atoms with van der Waals surface area (Å²) in [6.07, 6.45) is 2.67. The second-order valence-corrected chi connectivity index (χ2v) is 9.44. The fourth-order valence-corrected chi connectivity index (χ4v) is 5.23. The van der Waals surface area contributed by atoms with Gasteiger partial charge in [0.05, 0.1) is 11.5 Å². The van der Waals surface area contributed by atoms with Crippen LogP contribution in [0.4, 0.5) is 0 Å². The highest BCUT2D eigenvalue weighted by Gasteiger charge is 2.36. The van der Waals surface area contributed by atoms with E-state index in [2.05, 4.69) is 4.98 Å². The topological polar surface area (TPSA) is 98.0 Å². The van der Waals surface area contributed by atoms with Crippen LogP contribution < -0.4 is 0 Å². The number of aromatic nitrogens is 2. The summed E-state index contributed by atoms with van der Waals surface area (Å²) in [5, 5.41) is 0. The standard InChI is InChI=1S/C19H25N3O5S/c1-4-13(2)22(15-8-9-28(25,26)12-15)18(23)11-27-19(24)16-10-21-14(3)6-5-7-17(21)20-16/h5-7,10,13,15H,4,8-9,11-12H2,1-3H3/t13-,15-/m0/s1. The summed E-state index contributed by atoms with van der Waals surface area (Å²) in [4.78, 5) is 30.9. The van der Waals surface area contributed by atoms with Crippen LogP contribution in [0.1, 0.15) is 42.9 Å². The molecule has 1 saturated heterocycles. The first-order valence-electron chi connectivity index (χ1n) is 9.35. The van der Waals surface area contributed by atoms with Crippen molar-refractivity contribution in [2.75, 3.05) is 18.1 Å². The number of fused-ring (bicyclic) bond motifs is 1. The van der Waals surface area contributed by atoms with Crippen LogP contribution in [0.5, 0.6) is 0 Å². The van der Waals surface area contributed by atoms with Gasteiger partial charge in [-0.3, -0.25) is 4.79 Å². The summed E-state index contributed by atoms with van der Waals surface area (Å²) >= 11 is 0. The number of amides is 1. The lowest BCUT2D eigenvalue weighted by molar-refractivity contribution is -0.138. The number of hydrogen-bond donors (Lipinski definition) is 0. The van der Waals surface area contributed by atoms with Crippen LogP contribution in [-0.4, -0.2) is 64.8 Å². The van der Waals surface area contributed by atoms with Gasteiger partial charge < -0.3 is 14.0 Å². The Bertz CT molecular complexity index is 998. The molecule has 1 fully saturated rings. The Balaban J connectivity index is 1.69. The van der Waals surface area contributed by atoms with Gasteiger partial charge in [0.25, 0.3) is 5.91 Å². The first-order chi connectivity index (χ1) is 13.2. The Labute approximate surface area is 164 Å². The van der Waals surface area contributed by atoms with Crippen LogP contribution in [0.25, 0.3) is 5.65 Å².